The van der Waals surface area contributed by atoms with Gasteiger partial charge in [0.15, 0.2) is 0 Å². The number of hydrogen-bond donors (Lipinski definition) is 2. The lowest BCUT2D eigenvalue weighted by atomic mass is 10.1. The molecule has 0 saturated carbocycles. The van der Waals surface area contributed by atoms with Gasteiger partial charge in [-0.15, -0.1) is 0 Å². The minimum Gasteiger partial charge on any atom is -0.508 e. The Morgan fingerprint density at radius 2 is 2.00 bits per heavy atom. The van der Waals surface area contributed by atoms with Crippen LogP contribution in [-0.2, 0) is 6.54 Å². The van der Waals surface area contributed by atoms with Crippen molar-refractivity contribution in [3.05, 3.63) is 29.6 Å². The van der Waals surface area contributed by atoms with Gasteiger partial charge in [0.1, 0.15) is 11.6 Å². The van der Waals surface area contributed by atoms with Crippen molar-refractivity contribution in [3.8, 4) is 5.75 Å². The molecule has 1 aliphatic rings. The summed E-state index contributed by atoms with van der Waals surface area (Å²) in [7, 11) is 0. The number of aromatic hydroxyl groups is 1. The van der Waals surface area contributed by atoms with Gasteiger partial charge in [-0.05, 0) is 63.6 Å². The molecule has 2 rings (SSSR count). The maximum atomic E-state index is 13.0. The van der Waals surface area contributed by atoms with Crippen LogP contribution < -0.4 is 5.32 Å². The lowest BCUT2D eigenvalue weighted by Crippen LogP contribution is -2.32. The van der Waals surface area contributed by atoms with Crippen molar-refractivity contribution in [3.63, 3.8) is 0 Å². The molecule has 0 aromatic heterocycles. The molecule has 0 amide bonds. The van der Waals surface area contributed by atoms with Gasteiger partial charge in [0.25, 0.3) is 0 Å². The van der Waals surface area contributed by atoms with E-state index < -0.39 is 0 Å². The summed E-state index contributed by atoms with van der Waals surface area (Å²) in [6.45, 7) is 4.99. The molecule has 0 spiro atoms. The van der Waals surface area contributed by atoms with Gasteiger partial charge in [-0.25, -0.2) is 4.39 Å². The highest BCUT2D eigenvalue weighted by Crippen LogP contribution is 2.17. The Balaban J connectivity index is 1.62. The lowest BCUT2D eigenvalue weighted by molar-refractivity contribution is 0.225. The number of halogens is 1. The van der Waals surface area contributed by atoms with Crippen molar-refractivity contribution in [2.75, 3.05) is 26.2 Å². The van der Waals surface area contributed by atoms with Crippen molar-refractivity contribution in [2.45, 2.75) is 32.2 Å². The number of hydrogen-bond acceptors (Lipinski definition) is 3. The number of nitrogens with one attached hydrogen (secondary N) is 1. The summed E-state index contributed by atoms with van der Waals surface area (Å²) in [6.07, 6.45) is 5.11. The maximum absolute atomic E-state index is 13.0. The summed E-state index contributed by atoms with van der Waals surface area (Å²) in [6, 6.07) is 4.06. The molecule has 1 aromatic rings. The number of nitrogens with zero attached hydrogens (tertiary/aromatic N) is 1. The van der Waals surface area contributed by atoms with Crippen LogP contribution in [0, 0.1) is 5.82 Å². The van der Waals surface area contributed by atoms with Gasteiger partial charge in [-0.2, -0.15) is 0 Å². The molecule has 1 heterocycles. The van der Waals surface area contributed by atoms with Gasteiger partial charge in [0.05, 0.1) is 0 Å². The molecule has 1 saturated heterocycles. The zero-order chi connectivity index (χ0) is 13.5. The first kappa shape index (κ1) is 14.3. The summed E-state index contributed by atoms with van der Waals surface area (Å²) in [4.78, 5) is 2.50. The monoisotopic (exact) mass is 266 g/mol. The summed E-state index contributed by atoms with van der Waals surface area (Å²) in [5, 5.41) is 12.8. The van der Waals surface area contributed by atoms with Crippen molar-refractivity contribution >= 4 is 0 Å². The number of rotatable bonds is 6. The molecule has 1 fully saturated rings. The van der Waals surface area contributed by atoms with E-state index in [1.54, 1.807) is 0 Å². The molecule has 0 unspecified atom stereocenters. The molecule has 1 aliphatic heterocycles. The summed E-state index contributed by atoms with van der Waals surface area (Å²) >= 11 is 0. The van der Waals surface area contributed by atoms with Gasteiger partial charge in [0.2, 0.25) is 0 Å². The Labute approximate surface area is 114 Å². The molecule has 19 heavy (non-hydrogen) atoms. The van der Waals surface area contributed by atoms with E-state index in [1.165, 1.54) is 50.6 Å². The first-order chi connectivity index (χ1) is 9.25. The number of phenols is 1. The topological polar surface area (TPSA) is 35.5 Å². The van der Waals surface area contributed by atoms with Crippen molar-refractivity contribution in [2.24, 2.45) is 0 Å². The Hall–Kier alpha value is -1.13. The van der Waals surface area contributed by atoms with Gasteiger partial charge < -0.3 is 15.3 Å². The summed E-state index contributed by atoms with van der Waals surface area (Å²) < 4.78 is 13.0. The van der Waals surface area contributed by atoms with Crippen LogP contribution in [0.25, 0.3) is 0 Å². The third-order valence-electron chi connectivity index (χ3n) is 3.63. The molecule has 3 nitrogen and oxygen atoms in total. The normalized spacial score (nSPS) is 16.7. The fourth-order valence-corrected chi connectivity index (χ4v) is 2.53. The van der Waals surface area contributed by atoms with Crippen molar-refractivity contribution in [1.82, 2.24) is 10.2 Å². The Kier molecular flexibility index (Phi) is 5.61. The van der Waals surface area contributed by atoms with Crippen LogP contribution >= 0.6 is 0 Å². The van der Waals surface area contributed by atoms with Crippen LogP contribution in [0.2, 0.25) is 0 Å². The molecule has 0 atom stereocenters. The van der Waals surface area contributed by atoms with Crippen LogP contribution in [0.5, 0.6) is 5.75 Å². The Morgan fingerprint density at radius 1 is 1.21 bits per heavy atom. The zero-order valence-electron chi connectivity index (χ0n) is 11.4. The van der Waals surface area contributed by atoms with Crippen LogP contribution in [-0.4, -0.2) is 36.2 Å². The largest absolute Gasteiger partial charge is 0.508 e. The fraction of sp³-hybridized carbons (Fsp3) is 0.600. The van der Waals surface area contributed by atoms with Gasteiger partial charge in [0, 0.05) is 12.1 Å². The number of likely N-dealkylation sites (tertiary alicyclic amines) is 1. The first-order valence-electron chi connectivity index (χ1n) is 7.16. The minimum atomic E-state index is -0.303. The molecule has 0 aliphatic carbocycles. The Morgan fingerprint density at radius 3 is 2.79 bits per heavy atom. The average Bonchev–Trinajstić information content (AvgIpc) is 2.43. The predicted octanol–water partition coefficient (Wildman–Crippen LogP) is 2.50. The highest BCUT2D eigenvalue weighted by Gasteiger charge is 2.08. The second-order valence-electron chi connectivity index (χ2n) is 5.21. The molecule has 106 valence electrons. The second-order valence-corrected chi connectivity index (χ2v) is 5.21. The predicted molar refractivity (Wildman–Crippen MR) is 74.7 cm³/mol. The van der Waals surface area contributed by atoms with E-state index >= 15 is 0 Å². The first-order valence-corrected chi connectivity index (χ1v) is 7.16. The molecular formula is C15H23FN2O. The van der Waals surface area contributed by atoms with Crippen LogP contribution in [0.15, 0.2) is 18.2 Å². The quantitative estimate of drug-likeness (QED) is 0.777. The third-order valence-corrected chi connectivity index (χ3v) is 3.63. The molecular weight excluding hydrogens is 243 g/mol. The van der Waals surface area contributed by atoms with E-state index in [2.05, 4.69) is 10.2 Å². The van der Waals surface area contributed by atoms with E-state index in [9.17, 15) is 9.50 Å². The summed E-state index contributed by atoms with van der Waals surface area (Å²) in [5.74, 6) is -0.146. The Bertz CT molecular complexity index is 392. The van der Waals surface area contributed by atoms with Crippen molar-refractivity contribution < 1.29 is 9.50 Å². The van der Waals surface area contributed by atoms with E-state index in [0.717, 1.165) is 19.5 Å². The maximum Gasteiger partial charge on any atom is 0.123 e. The molecule has 2 N–H and O–H groups in total. The van der Waals surface area contributed by atoms with Crippen LogP contribution in [0.4, 0.5) is 4.39 Å². The van der Waals surface area contributed by atoms with E-state index in [1.807, 2.05) is 0 Å². The van der Waals surface area contributed by atoms with Crippen LogP contribution in [0.3, 0.4) is 0 Å². The van der Waals surface area contributed by atoms with Gasteiger partial charge >= 0.3 is 0 Å². The van der Waals surface area contributed by atoms with E-state index in [4.69, 9.17) is 0 Å². The van der Waals surface area contributed by atoms with Gasteiger partial charge in [-0.3, -0.25) is 0 Å². The molecule has 1 aromatic carbocycles. The highest BCUT2D eigenvalue weighted by atomic mass is 19.1. The second kappa shape index (κ2) is 7.46. The SMILES string of the molecule is Oc1ccc(F)cc1CNCCCN1CCCCC1. The number of phenolic OH excluding ortho intramolecular Hbond substituents is 1. The van der Waals surface area contributed by atoms with Gasteiger partial charge in [-0.1, -0.05) is 6.42 Å². The van der Waals surface area contributed by atoms with E-state index in [0.29, 0.717) is 12.1 Å². The third kappa shape index (κ3) is 4.80. The summed E-state index contributed by atoms with van der Waals surface area (Å²) in [5.41, 5.74) is 0.623. The lowest BCUT2D eigenvalue weighted by Gasteiger charge is -2.26. The fourth-order valence-electron chi connectivity index (χ4n) is 2.53. The molecule has 0 bridgehead atoms. The van der Waals surface area contributed by atoms with Crippen molar-refractivity contribution in [1.29, 1.82) is 0 Å². The smallest absolute Gasteiger partial charge is 0.123 e. The molecule has 4 heteroatoms. The average molecular weight is 266 g/mol. The minimum absolute atomic E-state index is 0.157. The highest BCUT2D eigenvalue weighted by molar-refractivity contribution is 5.32. The number of benzene rings is 1. The molecule has 0 radical (unpaired) electrons. The zero-order valence-corrected chi connectivity index (χ0v) is 11.4. The van der Waals surface area contributed by atoms with Crippen LogP contribution in [0.1, 0.15) is 31.2 Å². The number of piperidine rings is 1. The van der Waals surface area contributed by atoms with E-state index in [-0.39, 0.29) is 11.6 Å². The standard InChI is InChI=1S/C15H23FN2O/c16-14-5-6-15(19)13(11-14)12-17-7-4-10-18-8-2-1-3-9-18/h5-6,11,17,19H,1-4,7-10,12H2.